The van der Waals surface area contributed by atoms with Crippen molar-refractivity contribution < 1.29 is 14.0 Å². The molecule has 148 valence electrons. The number of hydrogen-bond acceptors (Lipinski definition) is 3. The van der Waals surface area contributed by atoms with Crippen molar-refractivity contribution in [2.24, 2.45) is 11.8 Å². The van der Waals surface area contributed by atoms with E-state index in [1.807, 2.05) is 6.07 Å². The van der Waals surface area contributed by atoms with E-state index < -0.39 is 0 Å². The van der Waals surface area contributed by atoms with Crippen molar-refractivity contribution in [1.82, 2.24) is 0 Å². The van der Waals surface area contributed by atoms with E-state index in [0.29, 0.717) is 18.4 Å². The Hall–Kier alpha value is -0.835. The third-order valence-corrected chi connectivity index (χ3v) is 6.87. The molecule has 0 amide bonds. The van der Waals surface area contributed by atoms with Gasteiger partial charge >= 0.3 is 7.12 Å². The van der Waals surface area contributed by atoms with Gasteiger partial charge in [0, 0.05) is 0 Å². The molecule has 4 rings (SSSR count). The normalized spacial score (nSPS) is 29.1. The first kappa shape index (κ1) is 19.5. The van der Waals surface area contributed by atoms with E-state index in [9.17, 15) is 0 Å². The third kappa shape index (κ3) is 4.96. The van der Waals surface area contributed by atoms with E-state index in [1.165, 1.54) is 69.8 Å². The van der Waals surface area contributed by atoms with Gasteiger partial charge in [-0.25, -0.2) is 0 Å². The summed E-state index contributed by atoms with van der Waals surface area (Å²) in [5.74, 6) is 1.36. The predicted molar refractivity (Wildman–Crippen MR) is 109 cm³/mol. The van der Waals surface area contributed by atoms with E-state index in [-0.39, 0.29) is 25.3 Å². The summed E-state index contributed by atoms with van der Waals surface area (Å²) in [5, 5.41) is 0. The van der Waals surface area contributed by atoms with Crippen LogP contribution in [0, 0.1) is 11.8 Å². The largest absolute Gasteiger partial charge is 0.488 e. The van der Waals surface area contributed by atoms with Gasteiger partial charge in [-0.1, -0.05) is 68.9 Å². The summed E-state index contributed by atoms with van der Waals surface area (Å²) in [7, 11) is -0.215. The topological polar surface area (TPSA) is 27.7 Å². The molecule has 1 heterocycles. The molecule has 0 N–H and O–H groups in total. The lowest BCUT2D eigenvalue weighted by molar-refractivity contribution is 0.0324. The van der Waals surface area contributed by atoms with Gasteiger partial charge in [0.1, 0.15) is 0 Å². The maximum atomic E-state index is 6.57. The van der Waals surface area contributed by atoms with Crippen LogP contribution in [0.1, 0.15) is 76.7 Å². The summed E-state index contributed by atoms with van der Waals surface area (Å²) < 4.78 is 19.3. The Labute approximate surface area is 165 Å². The molecular weight excluding hydrogens is 335 g/mol. The van der Waals surface area contributed by atoms with Gasteiger partial charge in [0.05, 0.1) is 24.8 Å². The van der Waals surface area contributed by atoms with Crippen molar-refractivity contribution in [2.75, 3.05) is 0 Å². The highest BCUT2D eigenvalue weighted by Gasteiger charge is 2.49. The maximum absolute atomic E-state index is 6.57. The van der Waals surface area contributed by atoms with Gasteiger partial charge in [-0.15, -0.1) is 0 Å². The second-order valence-corrected chi connectivity index (χ2v) is 8.87. The summed E-state index contributed by atoms with van der Waals surface area (Å²) in [6.07, 6.45) is 14.0. The fraction of sp³-hybridized carbons (Fsp3) is 0.739. The highest BCUT2D eigenvalue weighted by Crippen LogP contribution is 2.40. The highest BCUT2D eigenvalue weighted by atomic mass is 16.7. The zero-order chi connectivity index (χ0) is 18.5. The summed E-state index contributed by atoms with van der Waals surface area (Å²) in [4.78, 5) is 0. The van der Waals surface area contributed by atoms with Crippen LogP contribution >= 0.6 is 0 Å². The van der Waals surface area contributed by atoms with Crippen LogP contribution in [0.2, 0.25) is 0 Å². The summed E-state index contributed by atoms with van der Waals surface area (Å²) in [5.41, 5.74) is 1.20. The minimum absolute atomic E-state index is 0.0371. The van der Waals surface area contributed by atoms with Crippen molar-refractivity contribution in [3.63, 3.8) is 0 Å². The zero-order valence-electron chi connectivity index (χ0n) is 16.9. The molecule has 3 aliphatic rings. The lowest BCUT2D eigenvalue weighted by Crippen LogP contribution is -2.38. The minimum atomic E-state index is -0.215. The molecule has 0 bridgehead atoms. The molecular formula is C23H35BO3. The molecule has 2 saturated carbocycles. The van der Waals surface area contributed by atoms with Gasteiger partial charge in [0.2, 0.25) is 0 Å². The molecule has 2 aliphatic carbocycles. The average molecular weight is 370 g/mol. The van der Waals surface area contributed by atoms with Gasteiger partial charge in [0.25, 0.3) is 0 Å². The molecule has 1 saturated heterocycles. The highest BCUT2D eigenvalue weighted by molar-refractivity contribution is 6.46. The molecule has 3 nitrogen and oxygen atoms in total. The van der Waals surface area contributed by atoms with Gasteiger partial charge in [-0.2, -0.15) is 0 Å². The summed E-state index contributed by atoms with van der Waals surface area (Å²) in [6.45, 7) is 2.72. The molecule has 0 aromatic heterocycles. The van der Waals surface area contributed by atoms with Crippen LogP contribution in [-0.4, -0.2) is 25.3 Å². The Kier molecular flexibility index (Phi) is 6.91. The van der Waals surface area contributed by atoms with Crippen molar-refractivity contribution in [3.8, 4) is 0 Å². The molecule has 1 aromatic carbocycles. The number of benzene rings is 1. The van der Waals surface area contributed by atoms with Crippen molar-refractivity contribution in [1.29, 1.82) is 0 Å². The van der Waals surface area contributed by atoms with Crippen LogP contribution in [0.3, 0.4) is 0 Å². The lowest BCUT2D eigenvalue weighted by atomic mass is 9.77. The van der Waals surface area contributed by atoms with Crippen LogP contribution in [0.5, 0.6) is 0 Å². The van der Waals surface area contributed by atoms with Gasteiger partial charge in [0.15, 0.2) is 0 Å². The Bertz CT molecular complexity index is 528. The number of hydrogen-bond donors (Lipinski definition) is 0. The number of ether oxygens (including phenoxy) is 1. The monoisotopic (exact) mass is 370 g/mol. The van der Waals surface area contributed by atoms with Crippen molar-refractivity contribution in [3.05, 3.63) is 35.9 Å². The lowest BCUT2D eigenvalue weighted by Gasteiger charge is -2.35. The smallest absolute Gasteiger partial charge is 0.404 e. The molecule has 1 aromatic rings. The second-order valence-electron chi connectivity index (χ2n) is 8.87. The van der Waals surface area contributed by atoms with E-state index in [2.05, 4.69) is 31.2 Å². The molecule has 3 fully saturated rings. The van der Waals surface area contributed by atoms with E-state index in [4.69, 9.17) is 14.0 Å². The van der Waals surface area contributed by atoms with E-state index in [1.54, 1.807) is 0 Å². The zero-order valence-corrected chi connectivity index (χ0v) is 16.9. The first-order valence-corrected chi connectivity index (χ1v) is 11.3. The second kappa shape index (κ2) is 9.58. The maximum Gasteiger partial charge on any atom is 0.488 e. The minimum Gasteiger partial charge on any atom is -0.404 e. The fourth-order valence-electron chi connectivity index (χ4n) is 5.28. The first-order valence-electron chi connectivity index (χ1n) is 11.3. The molecule has 0 radical (unpaired) electrons. The van der Waals surface area contributed by atoms with Gasteiger partial charge < -0.3 is 14.0 Å². The molecule has 1 aliphatic heterocycles. The van der Waals surface area contributed by atoms with Crippen LogP contribution in [-0.2, 0) is 20.7 Å². The van der Waals surface area contributed by atoms with Crippen LogP contribution in [0.15, 0.2) is 30.3 Å². The van der Waals surface area contributed by atoms with Gasteiger partial charge in [-0.05, 0) is 50.0 Å². The molecule has 3 atom stereocenters. The van der Waals surface area contributed by atoms with Crippen molar-refractivity contribution >= 4 is 7.12 Å². The summed E-state index contributed by atoms with van der Waals surface area (Å²) in [6, 6.07) is 10.3. The predicted octanol–water partition coefficient (Wildman–Crippen LogP) is 5.56. The number of rotatable bonds is 6. The fourth-order valence-corrected chi connectivity index (χ4v) is 5.28. The Morgan fingerprint density at radius 3 is 1.89 bits per heavy atom. The Morgan fingerprint density at radius 2 is 1.37 bits per heavy atom. The Balaban J connectivity index is 1.39. The van der Waals surface area contributed by atoms with Gasteiger partial charge in [-0.3, -0.25) is 0 Å². The Morgan fingerprint density at radius 1 is 0.852 bits per heavy atom. The van der Waals surface area contributed by atoms with Crippen molar-refractivity contribution in [2.45, 2.75) is 96.0 Å². The van der Waals surface area contributed by atoms with Crippen LogP contribution < -0.4 is 0 Å². The molecule has 0 spiro atoms. The average Bonchev–Trinajstić information content (AvgIpc) is 3.20. The van der Waals surface area contributed by atoms with E-state index in [0.717, 1.165) is 0 Å². The SMILES string of the molecule is C[C@H](OCc1ccccc1)B1O[C@H](C2CCCCC2)[C@@H](C2CCCCC2)O1. The van der Waals surface area contributed by atoms with Crippen LogP contribution in [0.25, 0.3) is 0 Å². The standard InChI is InChI=1S/C23H35BO3/c1-18(25-17-19-11-5-2-6-12-19)24-26-22(20-13-7-3-8-14-20)23(27-24)21-15-9-4-10-16-21/h2,5-6,11-12,18,20-23H,3-4,7-10,13-17H2,1H3/t18-,22+,23+/m0/s1. The summed E-state index contributed by atoms with van der Waals surface area (Å²) >= 11 is 0. The third-order valence-electron chi connectivity index (χ3n) is 6.87. The molecule has 0 unspecified atom stereocenters. The quantitative estimate of drug-likeness (QED) is 0.613. The molecule has 4 heteroatoms. The molecule has 27 heavy (non-hydrogen) atoms. The van der Waals surface area contributed by atoms with E-state index >= 15 is 0 Å². The first-order chi connectivity index (χ1) is 13.3. The van der Waals surface area contributed by atoms with Crippen LogP contribution in [0.4, 0.5) is 0 Å².